The Hall–Kier alpha value is -2.90. The Morgan fingerprint density at radius 3 is 2.42 bits per heavy atom. The van der Waals surface area contributed by atoms with Crippen LogP contribution in [0.25, 0.3) is 0 Å². The number of carbonyl (C=O) groups is 2. The fourth-order valence-corrected chi connectivity index (χ4v) is 5.49. The van der Waals surface area contributed by atoms with Gasteiger partial charge in [0.25, 0.3) is 0 Å². The molecule has 6 nitrogen and oxygen atoms in total. The van der Waals surface area contributed by atoms with Gasteiger partial charge in [-0.05, 0) is 60.5 Å². The van der Waals surface area contributed by atoms with E-state index in [1.807, 2.05) is 25.1 Å². The maximum absolute atomic E-state index is 13.5. The van der Waals surface area contributed by atoms with E-state index in [9.17, 15) is 19.7 Å². The van der Waals surface area contributed by atoms with Crippen molar-refractivity contribution >= 4 is 24.6 Å². The normalized spacial score (nSPS) is 28.1. The maximum Gasteiger partial charge on any atom is 0.487 e. The van der Waals surface area contributed by atoms with E-state index in [0.717, 1.165) is 16.6 Å². The number of carbonyl (C=O) groups excluding carboxylic acids is 2. The summed E-state index contributed by atoms with van der Waals surface area (Å²) < 4.78 is 5.94. The molecule has 2 amide bonds. The molecule has 2 heterocycles. The van der Waals surface area contributed by atoms with Gasteiger partial charge in [0.05, 0.1) is 23.6 Å². The lowest BCUT2D eigenvalue weighted by molar-refractivity contribution is -0.123. The van der Waals surface area contributed by atoms with Crippen molar-refractivity contribution in [3.8, 4) is 5.75 Å². The van der Waals surface area contributed by atoms with Gasteiger partial charge in [-0.25, -0.2) is 0 Å². The van der Waals surface area contributed by atoms with Crippen LogP contribution in [0, 0.1) is 17.8 Å². The molecule has 2 aromatic rings. The zero-order valence-electron chi connectivity index (χ0n) is 17.3. The van der Waals surface area contributed by atoms with Gasteiger partial charge in [-0.1, -0.05) is 42.8 Å². The molecule has 0 radical (unpaired) electrons. The number of para-hydroxylation sites is 1. The van der Waals surface area contributed by atoms with E-state index >= 15 is 0 Å². The second kappa shape index (κ2) is 7.66. The molecule has 0 unspecified atom stereocenters. The summed E-state index contributed by atoms with van der Waals surface area (Å²) in [7, 11) is -1.11. The van der Waals surface area contributed by atoms with Crippen molar-refractivity contribution in [1.29, 1.82) is 0 Å². The highest BCUT2D eigenvalue weighted by Gasteiger charge is 2.57. The minimum absolute atomic E-state index is 0.154. The van der Waals surface area contributed by atoms with E-state index in [1.54, 1.807) is 36.4 Å². The first-order chi connectivity index (χ1) is 15.0. The lowest BCUT2D eigenvalue weighted by Crippen LogP contribution is -2.44. The lowest BCUT2D eigenvalue weighted by atomic mass is 9.55. The Kier molecular flexibility index (Phi) is 4.95. The number of nitrogens with zero attached hydrogens (tertiary/aromatic N) is 1. The average Bonchev–Trinajstić information content (AvgIpc) is 3.04. The van der Waals surface area contributed by atoms with Crippen LogP contribution >= 0.6 is 0 Å². The number of fused-ring (bicyclic) bond motifs is 3. The van der Waals surface area contributed by atoms with Gasteiger partial charge in [0.1, 0.15) is 5.75 Å². The van der Waals surface area contributed by atoms with Crippen LogP contribution in [-0.4, -0.2) is 29.1 Å². The van der Waals surface area contributed by atoms with Crippen molar-refractivity contribution < 1.29 is 24.4 Å². The molecule has 5 rings (SSSR count). The summed E-state index contributed by atoms with van der Waals surface area (Å²) in [4.78, 5) is 28.2. The predicted octanol–water partition coefficient (Wildman–Crippen LogP) is 3.41. The molecule has 158 valence electrons. The van der Waals surface area contributed by atoms with Crippen LogP contribution in [0.1, 0.15) is 37.9 Å². The molecule has 4 atom stereocenters. The van der Waals surface area contributed by atoms with Crippen molar-refractivity contribution in [3.63, 3.8) is 0 Å². The minimum atomic E-state index is -1.11. The number of hydrogen-bond donors (Lipinski definition) is 2. The van der Waals surface area contributed by atoms with Gasteiger partial charge in [0.15, 0.2) is 0 Å². The third-order valence-corrected chi connectivity index (χ3v) is 6.92. The summed E-state index contributed by atoms with van der Waals surface area (Å²) in [5.74, 6) is -1.38. The van der Waals surface area contributed by atoms with Crippen LogP contribution in [0.15, 0.2) is 65.6 Å². The summed E-state index contributed by atoms with van der Waals surface area (Å²) in [6, 6.07) is 15.7. The summed E-state index contributed by atoms with van der Waals surface area (Å²) >= 11 is 0. The molecule has 0 bridgehead atoms. The quantitative estimate of drug-likeness (QED) is 0.591. The first-order valence-electron chi connectivity index (χ1n) is 10.8. The molecule has 0 spiro atoms. The monoisotopic (exact) mass is 417 g/mol. The number of aromatic hydroxyl groups is 1. The fraction of sp³-hybridized carbons (Fsp3) is 0.333. The smallest absolute Gasteiger partial charge is 0.487 e. The largest absolute Gasteiger partial charge is 0.508 e. The summed E-state index contributed by atoms with van der Waals surface area (Å²) in [6.07, 6.45) is 1.26. The molecule has 3 aliphatic rings. The maximum atomic E-state index is 13.5. The molecule has 0 aromatic heterocycles. The third-order valence-electron chi connectivity index (χ3n) is 6.92. The first kappa shape index (κ1) is 20.0. The van der Waals surface area contributed by atoms with Crippen molar-refractivity contribution in [3.05, 3.63) is 71.2 Å². The number of allylic oxidation sites excluding steroid dienone is 2. The standard InChI is InChI=1S/C24H24BNO5/c1-2-14-12-19-21(24(29)26(23(19)28)16-6-4-3-5-7-16)18-13-20(31-25(30)22(14)18)15-8-10-17(27)11-9-15/h3-11,18-21,27,30H,2,12-13H2,1H3/t18-,19-,20-,21+/m0/s1. The molecule has 0 saturated carbocycles. The van der Waals surface area contributed by atoms with E-state index in [4.69, 9.17) is 4.65 Å². The highest BCUT2D eigenvalue weighted by molar-refractivity contribution is 6.53. The number of amides is 2. The number of benzene rings is 2. The van der Waals surface area contributed by atoms with Crippen molar-refractivity contribution in [1.82, 2.24) is 0 Å². The Morgan fingerprint density at radius 2 is 1.74 bits per heavy atom. The molecule has 2 saturated heterocycles. The number of phenolic OH excluding ortho intramolecular Hbond substituents is 1. The topological polar surface area (TPSA) is 87.1 Å². The summed E-state index contributed by atoms with van der Waals surface area (Å²) in [6.45, 7) is 2.01. The summed E-state index contributed by atoms with van der Waals surface area (Å²) in [5, 5.41) is 20.5. The Labute approximate surface area is 181 Å². The number of rotatable bonds is 3. The van der Waals surface area contributed by atoms with Crippen LogP contribution in [0.3, 0.4) is 0 Å². The van der Waals surface area contributed by atoms with E-state index in [2.05, 4.69) is 0 Å². The Balaban J connectivity index is 1.54. The third kappa shape index (κ3) is 3.20. The van der Waals surface area contributed by atoms with Gasteiger partial charge in [-0.2, -0.15) is 0 Å². The van der Waals surface area contributed by atoms with Crippen LogP contribution < -0.4 is 4.90 Å². The second-order valence-electron chi connectivity index (χ2n) is 8.51. The minimum Gasteiger partial charge on any atom is -0.508 e. The van der Waals surface area contributed by atoms with Crippen LogP contribution in [-0.2, 0) is 14.2 Å². The Bertz CT molecular complexity index is 1050. The molecule has 31 heavy (non-hydrogen) atoms. The second-order valence-corrected chi connectivity index (χ2v) is 8.51. The molecule has 2 aromatic carbocycles. The van der Waals surface area contributed by atoms with Gasteiger partial charge in [0.2, 0.25) is 11.8 Å². The van der Waals surface area contributed by atoms with E-state index in [0.29, 0.717) is 24.9 Å². The molecule has 2 fully saturated rings. The Morgan fingerprint density at radius 1 is 1.03 bits per heavy atom. The van der Waals surface area contributed by atoms with Crippen LogP contribution in [0.5, 0.6) is 5.75 Å². The summed E-state index contributed by atoms with van der Waals surface area (Å²) in [5.41, 5.74) is 3.20. The zero-order chi connectivity index (χ0) is 21.7. The van der Waals surface area contributed by atoms with E-state index < -0.39 is 25.1 Å². The van der Waals surface area contributed by atoms with E-state index in [-0.39, 0.29) is 23.5 Å². The number of phenols is 1. The highest BCUT2D eigenvalue weighted by atomic mass is 16.5. The fourth-order valence-electron chi connectivity index (χ4n) is 5.49. The molecular weight excluding hydrogens is 393 g/mol. The lowest BCUT2D eigenvalue weighted by Gasteiger charge is -2.42. The van der Waals surface area contributed by atoms with E-state index in [1.165, 1.54) is 4.90 Å². The predicted molar refractivity (Wildman–Crippen MR) is 116 cm³/mol. The molecule has 2 N–H and O–H groups in total. The molecule has 2 aliphatic heterocycles. The van der Waals surface area contributed by atoms with Gasteiger partial charge in [-0.3, -0.25) is 14.5 Å². The first-order valence-corrected chi connectivity index (χ1v) is 10.8. The van der Waals surface area contributed by atoms with Gasteiger partial charge < -0.3 is 14.8 Å². The van der Waals surface area contributed by atoms with Crippen molar-refractivity contribution in [2.75, 3.05) is 4.90 Å². The average molecular weight is 417 g/mol. The molecule has 1 aliphatic carbocycles. The van der Waals surface area contributed by atoms with Crippen LogP contribution in [0.4, 0.5) is 5.69 Å². The molecule has 7 heteroatoms. The zero-order valence-corrected chi connectivity index (χ0v) is 17.3. The SMILES string of the molecule is CCC1=C2B(O)O[C@H](c3ccc(O)cc3)C[C@H]2[C@H]2C(=O)N(c3ccccc3)C(=O)[C@H]2C1. The number of hydrogen-bond acceptors (Lipinski definition) is 5. The van der Waals surface area contributed by atoms with Crippen LogP contribution in [0.2, 0.25) is 0 Å². The van der Waals surface area contributed by atoms with Gasteiger partial charge in [-0.15, -0.1) is 0 Å². The number of imide groups is 1. The highest BCUT2D eigenvalue weighted by Crippen LogP contribution is 2.52. The molecular formula is C24H24BNO5. The van der Waals surface area contributed by atoms with Crippen molar-refractivity contribution in [2.24, 2.45) is 17.8 Å². The van der Waals surface area contributed by atoms with Crippen molar-refractivity contribution in [2.45, 2.75) is 32.3 Å². The number of anilines is 1. The van der Waals surface area contributed by atoms with Gasteiger partial charge >= 0.3 is 7.12 Å². The van der Waals surface area contributed by atoms with Gasteiger partial charge in [0, 0.05) is 0 Å².